The van der Waals surface area contributed by atoms with Gasteiger partial charge in [0.2, 0.25) is 0 Å². The summed E-state index contributed by atoms with van der Waals surface area (Å²) < 4.78 is 40.3. The van der Waals surface area contributed by atoms with E-state index in [0.717, 1.165) is 11.6 Å². The van der Waals surface area contributed by atoms with Crippen molar-refractivity contribution in [3.8, 4) is 0 Å². The maximum atomic E-state index is 13.4. The summed E-state index contributed by atoms with van der Waals surface area (Å²) in [6.07, 6.45) is 0.133. The Morgan fingerprint density at radius 1 is 1.15 bits per heavy atom. The molecular weight excluding hydrogens is 445 g/mol. The predicted octanol–water partition coefficient (Wildman–Crippen LogP) is 4.73. The highest BCUT2D eigenvalue weighted by Crippen LogP contribution is 2.36. The van der Waals surface area contributed by atoms with E-state index < -0.39 is 17.6 Å². The maximum absolute atomic E-state index is 13.4. The Morgan fingerprint density at radius 2 is 1.91 bits per heavy atom. The molecule has 7 nitrogen and oxygen atoms in total. The van der Waals surface area contributed by atoms with Gasteiger partial charge in [0.15, 0.2) is 0 Å². The standard InChI is InChI=1S/C24H25F3N6O/c1-3-31-21-9-8-18(12-19(21)24(25,26)27)32-23(34)16-7-6-15(2)22(11-16)33(29)14-20(28)17-5-4-10-30-13-17/h4-14,31H,3,28-29H2,1-2H3,(H,32,34)/b20-14-. The van der Waals surface area contributed by atoms with Gasteiger partial charge in [-0.15, -0.1) is 0 Å². The first kappa shape index (κ1) is 24.6. The highest BCUT2D eigenvalue weighted by atomic mass is 19.4. The van der Waals surface area contributed by atoms with Crippen LogP contribution in [0.3, 0.4) is 0 Å². The SMILES string of the molecule is CCNc1ccc(NC(=O)c2ccc(C)c(N(N)/C=C(\N)c3cccnc3)c2)cc1C(F)(F)F. The largest absolute Gasteiger partial charge is 0.418 e. The number of rotatable bonds is 7. The molecule has 0 spiro atoms. The molecule has 0 saturated heterocycles. The molecule has 6 N–H and O–H groups in total. The quantitative estimate of drug-likeness (QED) is 0.294. The number of nitrogens with zero attached hydrogens (tertiary/aromatic N) is 2. The van der Waals surface area contributed by atoms with E-state index in [0.29, 0.717) is 23.5 Å². The Bertz CT molecular complexity index is 1200. The summed E-state index contributed by atoms with van der Waals surface area (Å²) in [4.78, 5) is 16.8. The molecule has 34 heavy (non-hydrogen) atoms. The Morgan fingerprint density at radius 3 is 2.56 bits per heavy atom. The summed E-state index contributed by atoms with van der Waals surface area (Å²) in [7, 11) is 0. The number of halogens is 3. The van der Waals surface area contributed by atoms with E-state index >= 15 is 0 Å². The van der Waals surface area contributed by atoms with Crippen molar-refractivity contribution in [2.45, 2.75) is 20.0 Å². The molecule has 0 aliphatic carbocycles. The van der Waals surface area contributed by atoms with Crippen molar-refractivity contribution in [2.75, 3.05) is 22.2 Å². The Hall–Kier alpha value is -4.05. The second kappa shape index (κ2) is 10.3. The average molecular weight is 470 g/mol. The lowest BCUT2D eigenvalue weighted by molar-refractivity contribution is -0.136. The van der Waals surface area contributed by atoms with Crippen LogP contribution in [0.4, 0.5) is 30.2 Å². The number of nitrogens with one attached hydrogen (secondary N) is 2. The monoisotopic (exact) mass is 470 g/mol. The average Bonchev–Trinajstić information content (AvgIpc) is 2.80. The number of alkyl halides is 3. The minimum absolute atomic E-state index is 0.0198. The number of aromatic nitrogens is 1. The van der Waals surface area contributed by atoms with Crippen molar-refractivity contribution < 1.29 is 18.0 Å². The lowest BCUT2D eigenvalue weighted by Gasteiger charge is -2.19. The van der Waals surface area contributed by atoms with Crippen LogP contribution in [0, 0.1) is 6.92 Å². The van der Waals surface area contributed by atoms with Gasteiger partial charge in [0, 0.05) is 47.6 Å². The molecule has 0 aliphatic rings. The van der Waals surface area contributed by atoms with Crippen LogP contribution in [0.15, 0.2) is 67.1 Å². The molecule has 3 rings (SSSR count). The number of hydrogen-bond donors (Lipinski definition) is 4. The normalized spacial score (nSPS) is 11.8. The van der Waals surface area contributed by atoms with Crippen LogP contribution in [0.5, 0.6) is 0 Å². The van der Waals surface area contributed by atoms with Crippen LogP contribution >= 0.6 is 0 Å². The summed E-state index contributed by atoms with van der Waals surface area (Å²) in [6, 6.07) is 11.9. The van der Waals surface area contributed by atoms with Gasteiger partial charge in [-0.25, -0.2) is 5.84 Å². The topological polar surface area (TPSA) is 109 Å². The summed E-state index contributed by atoms with van der Waals surface area (Å²) in [5.74, 6) is 5.58. The molecule has 0 saturated carbocycles. The number of carbonyl (C=O) groups excluding carboxylic acids is 1. The summed E-state index contributed by atoms with van der Waals surface area (Å²) in [5, 5.41) is 6.47. The minimum atomic E-state index is -4.57. The number of benzene rings is 2. The molecule has 0 atom stereocenters. The van der Waals surface area contributed by atoms with Gasteiger partial charge in [0.05, 0.1) is 16.9 Å². The van der Waals surface area contributed by atoms with Crippen molar-refractivity contribution in [3.05, 3.63) is 89.4 Å². The zero-order valence-electron chi connectivity index (χ0n) is 18.6. The van der Waals surface area contributed by atoms with E-state index in [9.17, 15) is 18.0 Å². The van der Waals surface area contributed by atoms with Crippen molar-refractivity contribution in [1.82, 2.24) is 4.98 Å². The van der Waals surface area contributed by atoms with Crippen LogP contribution in [-0.2, 0) is 6.18 Å². The molecule has 10 heteroatoms. The van der Waals surface area contributed by atoms with E-state index in [2.05, 4.69) is 15.6 Å². The molecule has 0 fully saturated rings. The molecule has 0 aliphatic heterocycles. The van der Waals surface area contributed by atoms with E-state index in [1.165, 1.54) is 29.4 Å². The fourth-order valence-electron chi connectivity index (χ4n) is 3.26. The molecule has 0 unspecified atom stereocenters. The van der Waals surface area contributed by atoms with Crippen LogP contribution in [0.1, 0.15) is 34.0 Å². The highest BCUT2D eigenvalue weighted by molar-refractivity contribution is 6.05. The predicted molar refractivity (Wildman–Crippen MR) is 128 cm³/mol. The molecule has 2 aromatic carbocycles. The molecule has 178 valence electrons. The van der Waals surface area contributed by atoms with E-state index in [1.54, 1.807) is 50.5 Å². The fourth-order valence-corrected chi connectivity index (χ4v) is 3.26. The molecule has 1 amide bonds. The lowest BCUT2D eigenvalue weighted by atomic mass is 10.1. The second-order valence-corrected chi connectivity index (χ2v) is 7.48. The maximum Gasteiger partial charge on any atom is 0.418 e. The second-order valence-electron chi connectivity index (χ2n) is 7.48. The fraction of sp³-hybridized carbons (Fsp3) is 0.167. The van der Waals surface area contributed by atoms with Crippen molar-refractivity contribution in [2.24, 2.45) is 11.6 Å². The number of nitrogens with two attached hydrogens (primary N) is 2. The number of aryl methyl sites for hydroxylation is 1. The van der Waals surface area contributed by atoms with E-state index in [1.807, 2.05) is 0 Å². The number of hydrogen-bond acceptors (Lipinski definition) is 6. The van der Waals surface area contributed by atoms with E-state index in [-0.39, 0.29) is 16.9 Å². The number of anilines is 3. The first-order valence-electron chi connectivity index (χ1n) is 10.4. The summed E-state index contributed by atoms with van der Waals surface area (Å²) in [6.45, 7) is 3.83. The summed E-state index contributed by atoms with van der Waals surface area (Å²) in [5.41, 5.74) is 7.72. The molecule has 0 radical (unpaired) electrons. The molecule has 3 aromatic rings. The Labute approximate surface area is 195 Å². The van der Waals surface area contributed by atoms with Crippen molar-refractivity contribution in [1.29, 1.82) is 0 Å². The number of hydrazine groups is 1. The van der Waals surface area contributed by atoms with Gasteiger partial charge in [0.1, 0.15) is 0 Å². The zero-order chi connectivity index (χ0) is 24.9. The number of amides is 1. The van der Waals surface area contributed by atoms with Crippen LogP contribution in [0.2, 0.25) is 0 Å². The smallest absolute Gasteiger partial charge is 0.397 e. The Balaban J connectivity index is 1.85. The summed E-state index contributed by atoms with van der Waals surface area (Å²) >= 11 is 0. The van der Waals surface area contributed by atoms with Gasteiger partial charge in [-0.2, -0.15) is 13.2 Å². The van der Waals surface area contributed by atoms with Gasteiger partial charge >= 0.3 is 6.18 Å². The first-order chi connectivity index (χ1) is 16.1. The van der Waals surface area contributed by atoms with Gasteiger partial charge in [0.25, 0.3) is 5.91 Å². The molecule has 1 aromatic heterocycles. The van der Waals surface area contributed by atoms with Crippen LogP contribution < -0.4 is 27.2 Å². The molecular formula is C24H25F3N6O. The lowest BCUT2D eigenvalue weighted by Crippen LogP contribution is -2.27. The third kappa shape index (κ3) is 5.84. The van der Waals surface area contributed by atoms with Crippen molar-refractivity contribution in [3.63, 3.8) is 0 Å². The van der Waals surface area contributed by atoms with Gasteiger partial charge in [-0.1, -0.05) is 6.07 Å². The minimum Gasteiger partial charge on any atom is -0.397 e. The number of pyridine rings is 1. The zero-order valence-corrected chi connectivity index (χ0v) is 18.6. The van der Waals surface area contributed by atoms with Crippen LogP contribution in [-0.4, -0.2) is 17.4 Å². The third-order valence-electron chi connectivity index (χ3n) is 4.97. The molecule has 1 heterocycles. The molecule has 0 bridgehead atoms. The van der Waals surface area contributed by atoms with Crippen molar-refractivity contribution >= 4 is 28.7 Å². The Kier molecular flexibility index (Phi) is 7.42. The third-order valence-corrected chi connectivity index (χ3v) is 4.97. The van der Waals surface area contributed by atoms with Gasteiger partial charge in [-0.05, 0) is 61.9 Å². The van der Waals surface area contributed by atoms with Gasteiger partial charge in [-0.3, -0.25) is 14.8 Å². The van der Waals surface area contributed by atoms with Gasteiger partial charge < -0.3 is 16.4 Å². The van der Waals surface area contributed by atoms with Crippen LogP contribution in [0.25, 0.3) is 5.70 Å². The number of carbonyl (C=O) groups is 1. The first-order valence-corrected chi connectivity index (χ1v) is 10.4. The van der Waals surface area contributed by atoms with E-state index in [4.69, 9.17) is 11.6 Å². The highest BCUT2D eigenvalue weighted by Gasteiger charge is 2.34.